The summed E-state index contributed by atoms with van der Waals surface area (Å²) in [5.74, 6) is -1.37. The molecular weight excluding hydrogens is 466 g/mol. The second-order valence-electron chi connectivity index (χ2n) is 8.78. The van der Waals surface area contributed by atoms with Gasteiger partial charge >= 0.3 is 5.97 Å². The van der Waals surface area contributed by atoms with Crippen molar-refractivity contribution in [3.63, 3.8) is 0 Å². The maximum absolute atomic E-state index is 13.5. The number of hydrogen-bond acceptors (Lipinski definition) is 6. The number of hydrogen-bond donors (Lipinski definition) is 1. The summed E-state index contributed by atoms with van der Waals surface area (Å²) in [7, 11) is -3.96. The van der Waals surface area contributed by atoms with Gasteiger partial charge in [-0.25, -0.2) is 13.2 Å². The van der Waals surface area contributed by atoms with E-state index in [1.165, 1.54) is 23.4 Å². The summed E-state index contributed by atoms with van der Waals surface area (Å²) in [5, 5.41) is 12.3. The molecule has 2 aromatic carbocycles. The minimum Gasteiger partial charge on any atom is -0.449 e. The zero-order valence-corrected chi connectivity index (χ0v) is 21.1. The van der Waals surface area contributed by atoms with Gasteiger partial charge < -0.3 is 10.1 Å². The van der Waals surface area contributed by atoms with Gasteiger partial charge in [0, 0.05) is 6.54 Å². The molecule has 1 fully saturated rings. The Balaban J connectivity index is 1.79. The number of nitrogens with one attached hydrogen (secondary N) is 1. The van der Waals surface area contributed by atoms with Gasteiger partial charge in [0.25, 0.3) is 15.9 Å². The molecule has 0 aromatic heterocycles. The Hall–Kier alpha value is -3.38. The third-order valence-electron chi connectivity index (χ3n) is 6.26. The average Bonchev–Trinajstić information content (AvgIpc) is 2.85. The van der Waals surface area contributed by atoms with Gasteiger partial charge in [-0.3, -0.25) is 9.10 Å². The number of nitrogens with zero attached hydrogens (tertiary/aromatic N) is 2. The van der Waals surface area contributed by atoms with E-state index >= 15 is 0 Å². The smallest absolute Gasteiger partial charge is 0.338 e. The average molecular weight is 498 g/mol. The highest BCUT2D eigenvalue weighted by Crippen LogP contribution is 2.28. The van der Waals surface area contributed by atoms with Gasteiger partial charge in [0.2, 0.25) is 0 Å². The van der Waals surface area contributed by atoms with Crippen molar-refractivity contribution in [1.82, 2.24) is 5.32 Å². The molecule has 0 aliphatic heterocycles. The van der Waals surface area contributed by atoms with E-state index in [1.807, 2.05) is 0 Å². The predicted molar refractivity (Wildman–Crippen MR) is 132 cm³/mol. The Morgan fingerprint density at radius 2 is 1.80 bits per heavy atom. The lowest BCUT2D eigenvalue weighted by Crippen LogP contribution is -2.52. The number of rotatable bonds is 8. The Morgan fingerprint density at radius 3 is 2.40 bits per heavy atom. The number of amides is 1. The van der Waals surface area contributed by atoms with E-state index in [2.05, 4.69) is 11.4 Å². The number of carbonyl (C=O) groups is 2. The summed E-state index contributed by atoms with van der Waals surface area (Å²) >= 11 is 0. The predicted octanol–water partition coefficient (Wildman–Crippen LogP) is 4.10. The highest BCUT2D eigenvalue weighted by Gasteiger charge is 2.35. The summed E-state index contributed by atoms with van der Waals surface area (Å²) in [6.07, 6.45) is 2.69. The van der Waals surface area contributed by atoms with Crippen LogP contribution in [0.4, 0.5) is 5.69 Å². The van der Waals surface area contributed by atoms with Crippen LogP contribution in [-0.2, 0) is 19.6 Å². The van der Waals surface area contributed by atoms with Crippen LogP contribution < -0.4 is 9.62 Å². The normalized spacial score (nSPS) is 15.9. The maximum Gasteiger partial charge on any atom is 0.338 e. The van der Waals surface area contributed by atoms with Crippen molar-refractivity contribution in [3.8, 4) is 6.07 Å². The first-order valence-corrected chi connectivity index (χ1v) is 13.2. The summed E-state index contributed by atoms with van der Waals surface area (Å²) < 4.78 is 33.5. The third kappa shape index (κ3) is 5.82. The molecule has 0 spiro atoms. The lowest BCUT2D eigenvalue weighted by Gasteiger charge is -2.32. The van der Waals surface area contributed by atoms with Crippen LogP contribution in [0.2, 0.25) is 0 Å². The van der Waals surface area contributed by atoms with Crippen molar-refractivity contribution >= 4 is 27.6 Å². The maximum atomic E-state index is 13.5. The molecule has 0 saturated heterocycles. The molecule has 1 aliphatic carbocycles. The standard InChI is InChI=1S/C26H31N3O5S/c1-4-29(22-11-7-5-8-12-22)35(32,33)23-17-21(14-13-19(23)2)25(31)34-20(3)24(30)28-26(18-27)15-9-6-10-16-26/h5,7-8,11-14,17,20H,4,6,9-10,15-16H2,1-3H3,(H,28,30). The van der Waals surface area contributed by atoms with E-state index in [0.29, 0.717) is 24.1 Å². The molecule has 1 amide bonds. The number of carbonyl (C=O) groups excluding carboxylic acids is 2. The molecule has 8 nitrogen and oxygen atoms in total. The van der Waals surface area contributed by atoms with E-state index in [4.69, 9.17) is 4.74 Å². The van der Waals surface area contributed by atoms with Gasteiger partial charge in [0.15, 0.2) is 6.10 Å². The van der Waals surface area contributed by atoms with Crippen molar-refractivity contribution in [1.29, 1.82) is 5.26 Å². The first-order chi connectivity index (χ1) is 16.6. The lowest BCUT2D eigenvalue weighted by atomic mass is 9.83. The Bertz CT molecular complexity index is 1220. The van der Waals surface area contributed by atoms with Crippen LogP contribution in [0.1, 0.15) is 61.9 Å². The molecule has 1 unspecified atom stereocenters. The largest absolute Gasteiger partial charge is 0.449 e. The monoisotopic (exact) mass is 497 g/mol. The molecular formula is C26H31N3O5S. The quantitative estimate of drug-likeness (QED) is 0.549. The van der Waals surface area contributed by atoms with Crippen molar-refractivity contribution in [2.45, 2.75) is 69.4 Å². The Kier molecular flexibility index (Phi) is 8.18. The van der Waals surface area contributed by atoms with Crippen molar-refractivity contribution in [3.05, 3.63) is 59.7 Å². The molecule has 9 heteroatoms. The number of anilines is 1. The number of esters is 1. The molecule has 1 N–H and O–H groups in total. The summed E-state index contributed by atoms with van der Waals surface area (Å²) in [4.78, 5) is 25.5. The second-order valence-corrected chi connectivity index (χ2v) is 10.6. The summed E-state index contributed by atoms with van der Waals surface area (Å²) in [6, 6.07) is 15.2. The van der Waals surface area contributed by atoms with Crippen LogP contribution >= 0.6 is 0 Å². The van der Waals surface area contributed by atoms with Crippen LogP contribution in [0.25, 0.3) is 0 Å². The minimum atomic E-state index is -3.96. The van der Waals surface area contributed by atoms with Crippen molar-refractivity contribution in [2.24, 2.45) is 0 Å². The fraction of sp³-hybridized carbons (Fsp3) is 0.423. The number of ether oxygens (including phenoxy) is 1. The summed E-state index contributed by atoms with van der Waals surface area (Å²) in [6.45, 7) is 5.03. The highest BCUT2D eigenvalue weighted by atomic mass is 32.2. The van der Waals surface area contributed by atoms with E-state index in [1.54, 1.807) is 50.2 Å². The molecule has 1 atom stereocenters. The number of para-hydroxylation sites is 1. The van der Waals surface area contributed by atoms with Gasteiger partial charge in [-0.2, -0.15) is 5.26 Å². The zero-order chi connectivity index (χ0) is 25.6. The molecule has 2 aromatic rings. The molecule has 0 bridgehead atoms. The van der Waals surface area contributed by atoms with Crippen molar-refractivity contribution in [2.75, 3.05) is 10.8 Å². The SMILES string of the molecule is CCN(c1ccccc1)S(=O)(=O)c1cc(C(=O)OC(C)C(=O)NC2(C#N)CCCCC2)ccc1C. The van der Waals surface area contributed by atoms with Crippen LogP contribution in [0.15, 0.2) is 53.4 Å². The third-order valence-corrected chi connectivity index (χ3v) is 8.30. The van der Waals surface area contributed by atoms with Crippen molar-refractivity contribution < 1.29 is 22.7 Å². The number of aryl methyl sites for hydroxylation is 1. The second kappa shape index (κ2) is 10.9. The molecule has 186 valence electrons. The first kappa shape index (κ1) is 26.2. The molecule has 0 radical (unpaired) electrons. The van der Waals surface area contributed by atoms with Crippen LogP contribution in [0.5, 0.6) is 0 Å². The molecule has 3 rings (SSSR count). The Morgan fingerprint density at radius 1 is 1.14 bits per heavy atom. The Labute approximate surface area is 206 Å². The molecule has 35 heavy (non-hydrogen) atoms. The molecule has 0 heterocycles. The van der Waals surface area contributed by atoms with Gasteiger partial charge in [-0.15, -0.1) is 0 Å². The fourth-order valence-corrected chi connectivity index (χ4v) is 5.98. The van der Waals surface area contributed by atoms with E-state index in [-0.39, 0.29) is 17.0 Å². The van der Waals surface area contributed by atoms with E-state index in [9.17, 15) is 23.3 Å². The molecule has 1 saturated carbocycles. The van der Waals surface area contributed by atoms with Crippen LogP contribution in [0.3, 0.4) is 0 Å². The number of sulfonamides is 1. The van der Waals surface area contributed by atoms with Gasteiger partial charge in [0.05, 0.1) is 22.2 Å². The van der Waals surface area contributed by atoms with E-state index < -0.39 is 33.5 Å². The highest BCUT2D eigenvalue weighted by molar-refractivity contribution is 7.92. The fourth-order valence-electron chi connectivity index (χ4n) is 4.25. The van der Waals surface area contributed by atoms with Gasteiger partial charge in [-0.05, 0) is 63.4 Å². The summed E-state index contributed by atoms with van der Waals surface area (Å²) in [5.41, 5.74) is 0.0738. The van der Waals surface area contributed by atoms with Gasteiger partial charge in [-0.1, -0.05) is 43.5 Å². The van der Waals surface area contributed by atoms with Gasteiger partial charge in [0.1, 0.15) is 5.54 Å². The number of benzene rings is 2. The minimum absolute atomic E-state index is 0.0135. The van der Waals surface area contributed by atoms with E-state index in [0.717, 1.165) is 19.3 Å². The van der Waals surface area contributed by atoms with Crippen LogP contribution in [0, 0.1) is 18.3 Å². The van der Waals surface area contributed by atoms with Crippen LogP contribution in [-0.4, -0.2) is 38.5 Å². The lowest BCUT2D eigenvalue weighted by molar-refractivity contribution is -0.130. The molecule has 1 aliphatic rings. The zero-order valence-electron chi connectivity index (χ0n) is 20.3. The first-order valence-electron chi connectivity index (χ1n) is 11.8. The number of nitriles is 1. The topological polar surface area (TPSA) is 117 Å².